The van der Waals surface area contributed by atoms with Crippen LogP contribution < -0.4 is 0 Å². The molecule has 1 aromatic carbocycles. The maximum absolute atomic E-state index is 13.2. The normalized spacial score (nSPS) is 10.0. The van der Waals surface area contributed by atoms with Crippen LogP contribution in [0.25, 0.3) is 0 Å². The Kier molecular flexibility index (Phi) is 5.33. The number of carbonyl (C=O) groups is 2. The molecule has 0 aliphatic heterocycles. The molecule has 0 aromatic heterocycles. The number of esters is 1. The fraction of sp³-hybridized carbons (Fsp3) is 0.385. The lowest BCUT2D eigenvalue weighted by atomic mass is 10.1. The van der Waals surface area contributed by atoms with Crippen molar-refractivity contribution in [2.24, 2.45) is 0 Å². The fourth-order valence-corrected chi connectivity index (χ4v) is 1.42. The highest BCUT2D eigenvalue weighted by Crippen LogP contribution is 2.09. The van der Waals surface area contributed by atoms with Crippen LogP contribution in [0.4, 0.5) is 4.39 Å². The molecule has 1 aromatic rings. The smallest absolute Gasteiger partial charge is 0.306 e. The molecule has 0 fully saturated rings. The van der Waals surface area contributed by atoms with E-state index in [2.05, 4.69) is 0 Å². The molecule has 0 heterocycles. The lowest BCUT2D eigenvalue weighted by Crippen LogP contribution is -2.10. The van der Waals surface area contributed by atoms with Crippen LogP contribution in [0.3, 0.4) is 0 Å². The summed E-state index contributed by atoms with van der Waals surface area (Å²) >= 11 is 0. The third-order valence-corrected chi connectivity index (χ3v) is 2.26. The van der Waals surface area contributed by atoms with Gasteiger partial charge in [0.05, 0.1) is 13.0 Å². The van der Waals surface area contributed by atoms with Gasteiger partial charge in [0.25, 0.3) is 0 Å². The first-order chi connectivity index (χ1) is 8.13. The predicted octanol–water partition coefficient (Wildman–Crippen LogP) is 2.28. The second-order valence-electron chi connectivity index (χ2n) is 3.61. The van der Waals surface area contributed by atoms with Gasteiger partial charge in [0, 0.05) is 12.8 Å². The van der Waals surface area contributed by atoms with Crippen molar-refractivity contribution in [1.82, 2.24) is 0 Å². The molecule has 17 heavy (non-hydrogen) atoms. The Bertz CT molecular complexity index is 401. The molecule has 1 rings (SSSR count). The van der Waals surface area contributed by atoms with Crippen molar-refractivity contribution in [3.63, 3.8) is 0 Å². The zero-order valence-corrected chi connectivity index (χ0v) is 9.74. The highest BCUT2D eigenvalue weighted by molar-refractivity contribution is 5.84. The Balaban J connectivity index is 2.40. The zero-order chi connectivity index (χ0) is 12.7. The van der Waals surface area contributed by atoms with Crippen molar-refractivity contribution in [2.75, 3.05) is 6.61 Å². The van der Waals surface area contributed by atoms with Crippen LogP contribution in [0.1, 0.15) is 25.3 Å². The summed E-state index contributed by atoms with van der Waals surface area (Å²) in [5.74, 6) is -0.950. The summed E-state index contributed by atoms with van der Waals surface area (Å²) in [4.78, 5) is 22.5. The van der Waals surface area contributed by atoms with Gasteiger partial charge in [-0.05, 0) is 18.6 Å². The number of carbonyl (C=O) groups excluding carboxylic acids is 2. The van der Waals surface area contributed by atoms with E-state index in [1.54, 1.807) is 25.1 Å². The van der Waals surface area contributed by atoms with Crippen LogP contribution in [0, 0.1) is 5.82 Å². The first-order valence-corrected chi connectivity index (χ1v) is 5.54. The number of hydrogen-bond acceptors (Lipinski definition) is 3. The van der Waals surface area contributed by atoms with E-state index in [4.69, 9.17) is 4.74 Å². The van der Waals surface area contributed by atoms with Crippen molar-refractivity contribution < 1.29 is 18.7 Å². The molecule has 0 atom stereocenters. The van der Waals surface area contributed by atoms with Gasteiger partial charge in [-0.2, -0.15) is 0 Å². The summed E-state index contributed by atoms with van der Waals surface area (Å²) in [6.45, 7) is 2.01. The molecule has 0 amide bonds. The number of ether oxygens (including phenoxy) is 1. The second-order valence-corrected chi connectivity index (χ2v) is 3.61. The Labute approximate surface area is 99.6 Å². The summed E-state index contributed by atoms with van der Waals surface area (Å²) in [5.41, 5.74) is 0.362. The summed E-state index contributed by atoms with van der Waals surface area (Å²) in [6, 6.07) is 6.13. The lowest BCUT2D eigenvalue weighted by molar-refractivity contribution is -0.144. The summed E-state index contributed by atoms with van der Waals surface area (Å²) in [5, 5.41) is 0. The van der Waals surface area contributed by atoms with Crippen LogP contribution in [0.15, 0.2) is 24.3 Å². The van der Waals surface area contributed by atoms with Gasteiger partial charge in [-0.3, -0.25) is 9.59 Å². The molecule has 3 nitrogen and oxygen atoms in total. The Morgan fingerprint density at radius 3 is 2.59 bits per heavy atom. The van der Waals surface area contributed by atoms with Crippen LogP contribution in [-0.2, 0) is 20.7 Å². The number of rotatable bonds is 6. The summed E-state index contributed by atoms with van der Waals surface area (Å²) in [6.07, 6.45) is 0.167. The molecular weight excluding hydrogens is 223 g/mol. The van der Waals surface area contributed by atoms with Crippen LogP contribution in [-0.4, -0.2) is 18.4 Å². The van der Waals surface area contributed by atoms with E-state index in [0.717, 1.165) is 0 Å². The van der Waals surface area contributed by atoms with Gasteiger partial charge in [-0.15, -0.1) is 0 Å². The molecule has 0 saturated carbocycles. The Hall–Kier alpha value is -1.71. The largest absolute Gasteiger partial charge is 0.466 e. The van der Waals surface area contributed by atoms with E-state index >= 15 is 0 Å². The molecular formula is C13H15FO3. The minimum Gasteiger partial charge on any atom is -0.466 e. The van der Waals surface area contributed by atoms with Crippen molar-refractivity contribution in [3.05, 3.63) is 35.6 Å². The fourth-order valence-electron chi connectivity index (χ4n) is 1.42. The highest BCUT2D eigenvalue weighted by Gasteiger charge is 2.10. The zero-order valence-electron chi connectivity index (χ0n) is 9.74. The first kappa shape index (κ1) is 13.4. The minimum absolute atomic E-state index is 0.0199. The first-order valence-electron chi connectivity index (χ1n) is 5.54. The van der Waals surface area contributed by atoms with Gasteiger partial charge in [0.1, 0.15) is 11.6 Å². The third-order valence-electron chi connectivity index (χ3n) is 2.26. The molecule has 0 aliphatic rings. The standard InChI is InChI=1S/C13H15FO3/c1-2-17-13(16)8-7-11(15)9-10-5-3-4-6-12(10)14/h3-6H,2,7-9H2,1H3. The summed E-state index contributed by atoms with van der Waals surface area (Å²) < 4.78 is 17.9. The van der Waals surface area contributed by atoms with Crippen LogP contribution >= 0.6 is 0 Å². The van der Waals surface area contributed by atoms with Crippen molar-refractivity contribution in [3.8, 4) is 0 Å². The number of halogens is 1. The number of ketones is 1. The topological polar surface area (TPSA) is 43.4 Å². The van der Waals surface area contributed by atoms with E-state index < -0.39 is 11.8 Å². The van der Waals surface area contributed by atoms with Crippen molar-refractivity contribution in [2.45, 2.75) is 26.2 Å². The number of benzene rings is 1. The molecule has 0 aliphatic carbocycles. The number of hydrogen-bond donors (Lipinski definition) is 0. The molecule has 0 spiro atoms. The average molecular weight is 238 g/mol. The van der Waals surface area contributed by atoms with E-state index in [-0.39, 0.29) is 25.0 Å². The summed E-state index contributed by atoms with van der Waals surface area (Å²) in [7, 11) is 0. The van der Waals surface area contributed by atoms with E-state index in [0.29, 0.717) is 12.2 Å². The minimum atomic E-state index is -0.394. The third kappa shape index (κ3) is 4.76. The second kappa shape index (κ2) is 6.78. The molecule has 4 heteroatoms. The SMILES string of the molecule is CCOC(=O)CCC(=O)Cc1ccccc1F. The van der Waals surface area contributed by atoms with E-state index in [1.165, 1.54) is 6.07 Å². The van der Waals surface area contributed by atoms with Gasteiger partial charge in [0.15, 0.2) is 0 Å². The van der Waals surface area contributed by atoms with Gasteiger partial charge in [0.2, 0.25) is 0 Å². The van der Waals surface area contributed by atoms with Crippen molar-refractivity contribution >= 4 is 11.8 Å². The van der Waals surface area contributed by atoms with Crippen LogP contribution in [0.2, 0.25) is 0 Å². The monoisotopic (exact) mass is 238 g/mol. The maximum atomic E-state index is 13.2. The maximum Gasteiger partial charge on any atom is 0.306 e. The molecule has 0 saturated heterocycles. The van der Waals surface area contributed by atoms with E-state index in [1.807, 2.05) is 0 Å². The van der Waals surface area contributed by atoms with Gasteiger partial charge < -0.3 is 4.74 Å². The lowest BCUT2D eigenvalue weighted by Gasteiger charge is -2.03. The van der Waals surface area contributed by atoms with Crippen LogP contribution in [0.5, 0.6) is 0 Å². The molecule has 92 valence electrons. The molecule has 0 bridgehead atoms. The van der Waals surface area contributed by atoms with Gasteiger partial charge in [-0.25, -0.2) is 4.39 Å². The van der Waals surface area contributed by atoms with E-state index in [9.17, 15) is 14.0 Å². The van der Waals surface area contributed by atoms with Crippen molar-refractivity contribution in [1.29, 1.82) is 0 Å². The number of Topliss-reactive ketones (excluding diaryl/α,β-unsaturated/α-hetero) is 1. The quantitative estimate of drug-likeness (QED) is 0.714. The van der Waals surface area contributed by atoms with Gasteiger partial charge in [-0.1, -0.05) is 18.2 Å². The molecule has 0 N–H and O–H groups in total. The van der Waals surface area contributed by atoms with Gasteiger partial charge >= 0.3 is 5.97 Å². The molecule has 0 radical (unpaired) electrons. The molecule has 0 unspecified atom stereocenters. The Morgan fingerprint density at radius 2 is 1.94 bits per heavy atom. The highest BCUT2D eigenvalue weighted by atomic mass is 19.1. The average Bonchev–Trinajstić information content (AvgIpc) is 2.30. The predicted molar refractivity (Wildman–Crippen MR) is 61.0 cm³/mol. The Morgan fingerprint density at radius 1 is 1.24 bits per heavy atom.